The quantitative estimate of drug-likeness (QED) is 0.625. The first-order valence-electron chi connectivity index (χ1n) is 4.13. The van der Waals surface area contributed by atoms with Crippen molar-refractivity contribution in [3.05, 3.63) is 49.4 Å². The van der Waals surface area contributed by atoms with Crippen molar-refractivity contribution in [1.29, 1.82) is 0 Å². The molecule has 2 rings (SSSR count). The second-order valence-corrected chi connectivity index (χ2v) is 2.72. The zero-order chi connectivity index (χ0) is 9.80. The first-order chi connectivity index (χ1) is 6.90. The highest BCUT2D eigenvalue weighted by Crippen LogP contribution is 2.07. The zero-order valence-corrected chi connectivity index (χ0v) is 7.51. The van der Waals surface area contributed by atoms with Gasteiger partial charge in [-0.05, 0) is 24.3 Å². The van der Waals surface area contributed by atoms with Gasteiger partial charge in [0.15, 0.2) is 0 Å². The summed E-state index contributed by atoms with van der Waals surface area (Å²) in [6, 6.07) is 7.80. The van der Waals surface area contributed by atoms with Crippen LogP contribution in [-0.2, 0) is 0 Å². The number of aromatic nitrogens is 3. The summed E-state index contributed by atoms with van der Waals surface area (Å²) in [6.45, 7) is 3.47. The number of rotatable bonds is 1. The standard InChI is InChI=1S/C11H8N3/c1-2-3-10-4-6-11(7-5-10)14-8-12-13-9-14/h4-9H,1H2. The van der Waals surface area contributed by atoms with Crippen LogP contribution in [0.2, 0.25) is 0 Å². The molecule has 0 saturated carbocycles. The summed E-state index contributed by atoms with van der Waals surface area (Å²) in [5.41, 5.74) is 1.97. The third-order valence-electron chi connectivity index (χ3n) is 1.82. The Kier molecular flexibility index (Phi) is 2.28. The Morgan fingerprint density at radius 3 is 2.29 bits per heavy atom. The molecular weight excluding hydrogens is 174 g/mol. The molecule has 0 unspecified atom stereocenters. The molecule has 3 nitrogen and oxygen atoms in total. The van der Waals surface area contributed by atoms with Gasteiger partial charge in [-0.2, -0.15) is 0 Å². The molecule has 1 aromatic carbocycles. The first kappa shape index (κ1) is 8.52. The molecule has 67 valence electrons. The molecule has 0 aliphatic rings. The summed E-state index contributed by atoms with van der Waals surface area (Å²) >= 11 is 0. The number of benzene rings is 1. The monoisotopic (exact) mass is 182 g/mol. The van der Waals surface area contributed by atoms with Crippen molar-refractivity contribution in [3.63, 3.8) is 0 Å². The van der Waals surface area contributed by atoms with E-state index in [0.717, 1.165) is 11.3 Å². The van der Waals surface area contributed by atoms with Crippen LogP contribution < -0.4 is 0 Å². The third kappa shape index (κ3) is 1.64. The Bertz CT molecular complexity index is 457. The highest BCUT2D eigenvalue weighted by atomic mass is 15.2. The van der Waals surface area contributed by atoms with Crippen LogP contribution >= 0.6 is 0 Å². The molecule has 3 heteroatoms. The van der Waals surface area contributed by atoms with Crippen molar-refractivity contribution in [2.45, 2.75) is 0 Å². The van der Waals surface area contributed by atoms with E-state index < -0.39 is 0 Å². The molecule has 0 amide bonds. The lowest BCUT2D eigenvalue weighted by atomic mass is 10.2. The molecule has 0 fully saturated rings. The summed E-state index contributed by atoms with van der Waals surface area (Å²) in [5, 5.41) is 7.46. The average molecular weight is 182 g/mol. The molecule has 0 aliphatic carbocycles. The minimum atomic E-state index is 0.955. The molecule has 0 aliphatic heterocycles. The smallest absolute Gasteiger partial charge is 0.123 e. The van der Waals surface area contributed by atoms with Crippen molar-refractivity contribution < 1.29 is 0 Å². The Labute approximate surface area is 82.4 Å². The first-order valence-corrected chi connectivity index (χ1v) is 4.13. The van der Waals surface area contributed by atoms with Gasteiger partial charge in [0.2, 0.25) is 0 Å². The van der Waals surface area contributed by atoms with E-state index in [0.29, 0.717) is 0 Å². The summed E-state index contributed by atoms with van der Waals surface area (Å²) < 4.78 is 1.83. The largest absolute Gasteiger partial charge is 0.288 e. The van der Waals surface area contributed by atoms with Gasteiger partial charge in [-0.1, -0.05) is 11.8 Å². The van der Waals surface area contributed by atoms with Gasteiger partial charge in [0.25, 0.3) is 0 Å². The van der Waals surface area contributed by atoms with E-state index in [1.54, 1.807) is 12.7 Å². The van der Waals surface area contributed by atoms with Gasteiger partial charge in [0.1, 0.15) is 12.7 Å². The van der Waals surface area contributed by atoms with E-state index in [1.165, 1.54) is 0 Å². The molecule has 0 N–H and O–H groups in total. The van der Waals surface area contributed by atoms with E-state index in [1.807, 2.05) is 28.8 Å². The van der Waals surface area contributed by atoms with Crippen LogP contribution in [-0.4, -0.2) is 14.8 Å². The fourth-order valence-corrected chi connectivity index (χ4v) is 1.15. The van der Waals surface area contributed by atoms with Crippen LogP contribution in [0, 0.1) is 18.8 Å². The Morgan fingerprint density at radius 1 is 1.07 bits per heavy atom. The average Bonchev–Trinajstić information content (AvgIpc) is 2.72. The summed E-state index contributed by atoms with van der Waals surface area (Å²) in [6.07, 6.45) is 3.31. The van der Waals surface area contributed by atoms with E-state index in [4.69, 9.17) is 0 Å². The van der Waals surface area contributed by atoms with E-state index in [-0.39, 0.29) is 0 Å². The highest BCUT2D eigenvalue weighted by molar-refractivity contribution is 5.41. The molecule has 2 aromatic rings. The molecule has 1 radical (unpaired) electrons. The van der Waals surface area contributed by atoms with Gasteiger partial charge in [-0.15, -0.1) is 10.2 Å². The molecule has 1 heterocycles. The van der Waals surface area contributed by atoms with Gasteiger partial charge in [-0.3, -0.25) is 4.57 Å². The van der Waals surface area contributed by atoms with E-state index in [9.17, 15) is 0 Å². The van der Waals surface area contributed by atoms with Crippen molar-refractivity contribution in [2.24, 2.45) is 0 Å². The number of hydrogen-bond acceptors (Lipinski definition) is 2. The van der Waals surface area contributed by atoms with Gasteiger partial charge in [0.05, 0.1) is 0 Å². The second kappa shape index (κ2) is 3.75. The van der Waals surface area contributed by atoms with Crippen LogP contribution in [0.15, 0.2) is 36.9 Å². The molecule has 14 heavy (non-hydrogen) atoms. The maximum atomic E-state index is 3.73. The molecule has 0 atom stereocenters. The van der Waals surface area contributed by atoms with Gasteiger partial charge < -0.3 is 0 Å². The predicted octanol–water partition coefficient (Wildman–Crippen LogP) is 1.45. The van der Waals surface area contributed by atoms with Crippen LogP contribution in [0.5, 0.6) is 0 Å². The fraction of sp³-hybridized carbons (Fsp3) is 0. The van der Waals surface area contributed by atoms with Gasteiger partial charge >= 0.3 is 0 Å². The lowest BCUT2D eigenvalue weighted by Crippen LogP contribution is -1.89. The van der Waals surface area contributed by atoms with E-state index in [2.05, 4.69) is 29.0 Å². The molecule has 0 bridgehead atoms. The Hall–Kier alpha value is -2.08. The zero-order valence-electron chi connectivity index (χ0n) is 7.51. The predicted molar refractivity (Wildman–Crippen MR) is 53.6 cm³/mol. The van der Waals surface area contributed by atoms with Crippen molar-refractivity contribution >= 4 is 0 Å². The summed E-state index contributed by atoms with van der Waals surface area (Å²) in [7, 11) is 0. The summed E-state index contributed by atoms with van der Waals surface area (Å²) in [5.74, 6) is 5.49. The molecule has 1 aromatic heterocycles. The molecule has 0 spiro atoms. The topological polar surface area (TPSA) is 30.7 Å². The minimum Gasteiger partial charge on any atom is -0.288 e. The van der Waals surface area contributed by atoms with Gasteiger partial charge in [0, 0.05) is 18.2 Å². The molecular formula is C11H8N3. The van der Waals surface area contributed by atoms with Crippen LogP contribution in [0.4, 0.5) is 0 Å². The van der Waals surface area contributed by atoms with E-state index >= 15 is 0 Å². The Balaban J connectivity index is 2.34. The van der Waals surface area contributed by atoms with Crippen LogP contribution in [0.3, 0.4) is 0 Å². The molecule has 0 saturated heterocycles. The minimum absolute atomic E-state index is 0.955. The Morgan fingerprint density at radius 2 is 1.71 bits per heavy atom. The second-order valence-electron chi connectivity index (χ2n) is 2.72. The van der Waals surface area contributed by atoms with Crippen LogP contribution in [0.25, 0.3) is 5.69 Å². The lowest BCUT2D eigenvalue weighted by molar-refractivity contribution is 1.06. The normalized spacial score (nSPS) is 9.21. The maximum Gasteiger partial charge on any atom is 0.123 e. The summed E-state index contributed by atoms with van der Waals surface area (Å²) in [4.78, 5) is 0. The number of hydrogen-bond donors (Lipinski definition) is 0. The SMILES string of the molecule is [CH2]C#Cc1ccc(-n2cnnc2)cc1. The van der Waals surface area contributed by atoms with Crippen molar-refractivity contribution in [1.82, 2.24) is 14.8 Å². The van der Waals surface area contributed by atoms with Crippen molar-refractivity contribution in [2.75, 3.05) is 0 Å². The van der Waals surface area contributed by atoms with Crippen LogP contribution in [0.1, 0.15) is 5.56 Å². The van der Waals surface area contributed by atoms with Gasteiger partial charge in [-0.25, -0.2) is 0 Å². The fourth-order valence-electron chi connectivity index (χ4n) is 1.15. The van der Waals surface area contributed by atoms with Crippen molar-refractivity contribution in [3.8, 4) is 17.5 Å². The maximum absolute atomic E-state index is 3.73. The lowest BCUT2D eigenvalue weighted by Gasteiger charge is -1.99. The third-order valence-corrected chi connectivity index (χ3v) is 1.82. The highest BCUT2D eigenvalue weighted by Gasteiger charge is 1.94. The number of nitrogens with zero attached hydrogens (tertiary/aromatic N) is 3.